The summed E-state index contributed by atoms with van der Waals surface area (Å²) in [5.41, 5.74) is 8.17. The molecule has 2 aliphatic rings. The molecule has 1 saturated heterocycles. The van der Waals surface area contributed by atoms with Crippen LogP contribution in [0.25, 0.3) is 11.0 Å². The number of ether oxygens (including phenoxy) is 1. The van der Waals surface area contributed by atoms with Gasteiger partial charge in [-0.25, -0.2) is 4.98 Å². The third-order valence-corrected chi connectivity index (χ3v) is 4.36. The van der Waals surface area contributed by atoms with E-state index in [1.165, 1.54) is 12.8 Å². The summed E-state index contributed by atoms with van der Waals surface area (Å²) in [5.74, 6) is 1.24. The summed E-state index contributed by atoms with van der Waals surface area (Å²) in [6, 6.07) is 6.47. The fraction of sp³-hybridized carbons (Fsp3) is 0.500. The third kappa shape index (κ3) is 1.78. The number of rotatable bonds is 2. The van der Waals surface area contributed by atoms with Crippen molar-refractivity contribution in [3.8, 4) is 0 Å². The van der Waals surface area contributed by atoms with E-state index < -0.39 is 0 Å². The minimum Gasteiger partial charge on any atom is -0.379 e. The van der Waals surface area contributed by atoms with Crippen LogP contribution < -0.4 is 5.73 Å². The summed E-state index contributed by atoms with van der Waals surface area (Å²) in [5, 5.41) is 0.774. The lowest BCUT2D eigenvalue weighted by molar-refractivity contribution is 0.190. The van der Waals surface area contributed by atoms with Gasteiger partial charge in [-0.1, -0.05) is 17.7 Å². The number of halogens is 1. The van der Waals surface area contributed by atoms with Gasteiger partial charge in [0.2, 0.25) is 0 Å². The minimum absolute atomic E-state index is 0.0353. The quantitative estimate of drug-likeness (QED) is 0.917. The first-order valence-corrected chi connectivity index (χ1v) is 7.13. The van der Waals surface area contributed by atoms with Crippen molar-refractivity contribution >= 4 is 22.6 Å². The molecule has 1 aliphatic heterocycles. The number of imidazole rings is 1. The molecule has 2 heterocycles. The molecule has 2 fully saturated rings. The fourth-order valence-corrected chi connectivity index (χ4v) is 3.19. The summed E-state index contributed by atoms with van der Waals surface area (Å²) in [7, 11) is 0. The maximum absolute atomic E-state index is 6.37. The Morgan fingerprint density at radius 1 is 1.32 bits per heavy atom. The van der Waals surface area contributed by atoms with Gasteiger partial charge in [0.05, 0.1) is 35.2 Å². The minimum atomic E-state index is 0.0353. The Bertz CT molecular complexity index is 635. The highest BCUT2D eigenvalue weighted by Crippen LogP contribution is 2.42. The van der Waals surface area contributed by atoms with Gasteiger partial charge < -0.3 is 15.0 Å². The molecule has 2 atom stereocenters. The predicted octanol–water partition coefficient (Wildman–Crippen LogP) is 2.47. The predicted molar refractivity (Wildman–Crippen MR) is 74.5 cm³/mol. The lowest BCUT2D eigenvalue weighted by Gasteiger charge is -2.15. The zero-order valence-corrected chi connectivity index (χ0v) is 11.3. The summed E-state index contributed by atoms with van der Waals surface area (Å²) < 4.78 is 7.80. The Morgan fingerprint density at radius 2 is 2.16 bits per heavy atom. The normalized spacial score (nSPS) is 27.3. The van der Waals surface area contributed by atoms with E-state index in [4.69, 9.17) is 27.1 Å². The van der Waals surface area contributed by atoms with E-state index >= 15 is 0 Å². The van der Waals surface area contributed by atoms with Gasteiger partial charge in [0.25, 0.3) is 0 Å². The molecule has 2 aromatic rings. The van der Waals surface area contributed by atoms with E-state index in [1.54, 1.807) is 0 Å². The lowest BCUT2D eigenvalue weighted by atomic mass is 10.0. The number of benzene rings is 1. The molecule has 19 heavy (non-hydrogen) atoms. The number of nitrogens with two attached hydrogens (primary N) is 1. The first-order chi connectivity index (χ1) is 9.25. The van der Waals surface area contributed by atoms with Crippen molar-refractivity contribution in [2.45, 2.75) is 30.8 Å². The van der Waals surface area contributed by atoms with E-state index in [0.717, 1.165) is 21.9 Å². The largest absolute Gasteiger partial charge is 0.379 e. The van der Waals surface area contributed by atoms with E-state index in [2.05, 4.69) is 4.57 Å². The molecule has 1 saturated carbocycles. The first kappa shape index (κ1) is 11.7. The van der Waals surface area contributed by atoms with Crippen LogP contribution in [0.3, 0.4) is 0 Å². The summed E-state index contributed by atoms with van der Waals surface area (Å²) in [4.78, 5) is 4.79. The molecule has 0 spiro atoms. The molecule has 2 unspecified atom stereocenters. The van der Waals surface area contributed by atoms with Gasteiger partial charge in [0.15, 0.2) is 0 Å². The van der Waals surface area contributed by atoms with Gasteiger partial charge in [-0.2, -0.15) is 0 Å². The number of para-hydroxylation sites is 1. The van der Waals surface area contributed by atoms with Crippen molar-refractivity contribution < 1.29 is 4.74 Å². The van der Waals surface area contributed by atoms with E-state index in [1.807, 2.05) is 18.2 Å². The second-order valence-corrected chi connectivity index (χ2v) is 5.89. The zero-order valence-electron chi connectivity index (χ0n) is 10.6. The number of hydrogen-bond acceptors (Lipinski definition) is 3. The van der Waals surface area contributed by atoms with Crippen LogP contribution in [0.5, 0.6) is 0 Å². The van der Waals surface area contributed by atoms with Gasteiger partial charge in [-0.3, -0.25) is 0 Å². The van der Waals surface area contributed by atoms with Crippen LogP contribution in [-0.2, 0) is 4.74 Å². The molecule has 100 valence electrons. The van der Waals surface area contributed by atoms with Crippen molar-refractivity contribution in [3.05, 3.63) is 29.0 Å². The lowest BCUT2D eigenvalue weighted by Crippen LogP contribution is -2.28. The Balaban J connectivity index is 1.94. The molecule has 0 radical (unpaired) electrons. The highest BCUT2D eigenvalue weighted by molar-refractivity contribution is 6.35. The average molecular weight is 278 g/mol. The molecule has 4 rings (SSSR count). The van der Waals surface area contributed by atoms with Crippen LogP contribution in [0, 0.1) is 0 Å². The van der Waals surface area contributed by atoms with Crippen molar-refractivity contribution in [2.24, 2.45) is 5.73 Å². The number of hydrogen-bond donors (Lipinski definition) is 1. The van der Waals surface area contributed by atoms with Crippen LogP contribution in [0.1, 0.15) is 30.6 Å². The molecule has 0 bridgehead atoms. The highest BCUT2D eigenvalue weighted by Gasteiger charge is 2.36. The van der Waals surface area contributed by atoms with Gasteiger partial charge in [-0.15, -0.1) is 0 Å². The second-order valence-electron chi connectivity index (χ2n) is 5.49. The van der Waals surface area contributed by atoms with E-state index in [9.17, 15) is 0 Å². The molecule has 2 N–H and O–H groups in total. The van der Waals surface area contributed by atoms with Crippen LogP contribution in [0.15, 0.2) is 18.2 Å². The maximum Gasteiger partial charge on any atom is 0.117 e. The molecule has 1 aromatic carbocycles. The molecule has 4 nitrogen and oxygen atoms in total. The average Bonchev–Trinajstić information content (AvgIpc) is 3.02. The number of aromatic nitrogens is 2. The van der Waals surface area contributed by atoms with Crippen LogP contribution >= 0.6 is 11.6 Å². The third-order valence-electron chi connectivity index (χ3n) is 4.06. The molecule has 0 amide bonds. The van der Waals surface area contributed by atoms with Crippen LogP contribution in [0.2, 0.25) is 5.02 Å². The fourth-order valence-electron chi connectivity index (χ4n) is 2.93. The van der Waals surface area contributed by atoms with Crippen LogP contribution in [-0.4, -0.2) is 28.8 Å². The van der Waals surface area contributed by atoms with Crippen molar-refractivity contribution in [3.63, 3.8) is 0 Å². The SMILES string of the molecule is NC1COCC1c1nc2cccc(Cl)c2n1C1CC1. The molecular weight excluding hydrogens is 262 g/mol. The second kappa shape index (κ2) is 4.20. The Morgan fingerprint density at radius 3 is 2.84 bits per heavy atom. The van der Waals surface area contributed by atoms with E-state index in [-0.39, 0.29) is 12.0 Å². The van der Waals surface area contributed by atoms with Crippen molar-refractivity contribution in [1.29, 1.82) is 0 Å². The number of fused-ring (bicyclic) bond motifs is 1. The van der Waals surface area contributed by atoms with Crippen LogP contribution in [0.4, 0.5) is 0 Å². The van der Waals surface area contributed by atoms with Gasteiger partial charge in [-0.05, 0) is 25.0 Å². The maximum atomic E-state index is 6.37. The standard InChI is InChI=1S/C14H16ClN3O/c15-10-2-1-3-12-13(10)18(8-4-5-8)14(17-12)9-6-19-7-11(9)16/h1-3,8-9,11H,4-7,16H2. The van der Waals surface area contributed by atoms with Gasteiger partial charge in [0, 0.05) is 12.1 Å². The summed E-state index contributed by atoms with van der Waals surface area (Å²) in [6.07, 6.45) is 2.40. The number of nitrogens with zero attached hydrogens (tertiary/aromatic N) is 2. The first-order valence-electron chi connectivity index (χ1n) is 6.75. The topological polar surface area (TPSA) is 53.1 Å². The molecule has 5 heteroatoms. The Hall–Kier alpha value is -1.10. The Kier molecular flexibility index (Phi) is 2.59. The highest BCUT2D eigenvalue weighted by atomic mass is 35.5. The van der Waals surface area contributed by atoms with Gasteiger partial charge in [0.1, 0.15) is 5.82 Å². The molecule has 1 aliphatic carbocycles. The van der Waals surface area contributed by atoms with Crippen molar-refractivity contribution in [2.75, 3.05) is 13.2 Å². The Labute approximate surface area is 116 Å². The summed E-state index contributed by atoms with van der Waals surface area (Å²) >= 11 is 6.37. The smallest absolute Gasteiger partial charge is 0.117 e. The summed E-state index contributed by atoms with van der Waals surface area (Å²) in [6.45, 7) is 1.28. The van der Waals surface area contributed by atoms with Gasteiger partial charge >= 0.3 is 0 Å². The molecular formula is C14H16ClN3O. The molecule has 1 aromatic heterocycles. The van der Waals surface area contributed by atoms with E-state index in [0.29, 0.717) is 19.3 Å². The monoisotopic (exact) mass is 277 g/mol. The zero-order chi connectivity index (χ0) is 13.0. The van der Waals surface area contributed by atoms with Crippen molar-refractivity contribution in [1.82, 2.24) is 9.55 Å².